The average Bonchev–Trinajstić information content (AvgIpc) is 3.23. The molecule has 1 aliphatic rings. The first kappa shape index (κ1) is 12.6. The van der Waals surface area contributed by atoms with E-state index in [0.717, 1.165) is 29.8 Å². The molecule has 1 fully saturated rings. The highest BCUT2D eigenvalue weighted by Crippen LogP contribution is 2.41. The topological polar surface area (TPSA) is 50.2 Å². The molecule has 0 spiro atoms. The number of carboxylic acid groups (broad SMARTS) is 1. The van der Waals surface area contributed by atoms with Crippen molar-refractivity contribution in [1.82, 2.24) is 4.98 Å². The lowest BCUT2D eigenvalue weighted by atomic mass is 10.1. The van der Waals surface area contributed by atoms with Crippen LogP contribution in [-0.2, 0) is 0 Å². The van der Waals surface area contributed by atoms with E-state index >= 15 is 0 Å². The Morgan fingerprint density at radius 1 is 1.16 bits per heavy atom. The summed E-state index contributed by atoms with van der Waals surface area (Å²) in [6.07, 6.45) is 2.09. The van der Waals surface area contributed by atoms with Gasteiger partial charge in [-0.15, -0.1) is 0 Å². The highest BCUT2D eigenvalue weighted by Gasteiger charge is 2.29. The van der Waals surface area contributed by atoms with Crippen molar-refractivity contribution in [1.29, 1.82) is 0 Å². The minimum Gasteiger partial charge on any atom is -0.478 e. The van der Waals surface area contributed by atoms with Crippen molar-refractivity contribution in [2.75, 3.05) is 0 Å². The average molecular weight is 365 g/mol. The number of aromatic nitrogens is 1. The molecule has 1 saturated carbocycles. The third kappa shape index (κ3) is 2.63. The number of hydrogen-bond donors (Lipinski definition) is 1. The van der Waals surface area contributed by atoms with Gasteiger partial charge in [-0.05, 0) is 59.7 Å². The molecule has 0 unspecified atom stereocenters. The summed E-state index contributed by atoms with van der Waals surface area (Å²) in [7, 11) is 0. The molecule has 4 heteroatoms. The number of benzene rings is 1. The number of rotatable bonds is 3. The van der Waals surface area contributed by atoms with E-state index in [-0.39, 0.29) is 0 Å². The van der Waals surface area contributed by atoms with Crippen molar-refractivity contribution in [2.45, 2.75) is 18.8 Å². The SMILES string of the molecule is O=C(O)c1ccc(-c2ccc(I)cc2)nc1C1CC1. The second-order valence-electron chi connectivity index (χ2n) is 4.72. The summed E-state index contributed by atoms with van der Waals surface area (Å²) in [5.74, 6) is -0.557. The molecule has 0 saturated heterocycles. The van der Waals surface area contributed by atoms with Gasteiger partial charge in [0.25, 0.3) is 0 Å². The van der Waals surface area contributed by atoms with Gasteiger partial charge in [-0.25, -0.2) is 4.79 Å². The zero-order chi connectivity index (χ0) is 13.4. The number of halogens is 1. The van der Waals surface area contributed by atoms with Crippen molar-refractivity contribution in [3.8, 4) is 11.3 Å². The Kier molecular flexibility index (Phi) is 3.26. The molecule has 96 valence electrons. The van der Waals surface area contributed by atoms with Crippen LogP contribution in [0.4, 0.5) is 0 Å². The van der Waals surface area contributed by atoms with E-state index in [1.807, 2.05) is 24.3 Å². The number of nitrogens with zero attached hydrogens (tertiary/aromatic N) is 1. The van der Waals surface area contributed by atoms with Gasteiger partial charge in [-0.1, -0.05) is 12.1 Å². The fourth-order valence-electron chi connectivity index (χ4n) is 2.11. The van der Waals surface area contributed by atoms with Gasteiger partial charge in [0.1, 0.15) is 0 Å². The lowest BCUT2D eigenvalue weighted by Crippen LogP contribution is -2.04. The van der Waals surface area contributed by atoms with Gasteiger partial charge in [0.05, 0.1) is 17.0 Å². The summed E-state index contributed by atoms with van der Waals surface area (Å²) < 4.78 is 1.17. The first-order chi connectivity index (χ1) is 9.15. The quantitative estimate of drug-likeness (QED) is 0.839. The summed E-state index contributed by atoms with van der Waals surface area (Å²) >= 11 is 2.26. The van der Waals surface area contributed by atoms with Gasteiger partial charge in [0.2, 0.25) is 0 Å². The van der Waals surface area contributed by atoms with Gasteiger partial charge in [-0.2, -0.15) is 0 Å². The monoisotopic (exact) mass is 365 g/mol. The largest absolute Gasteiger partial charge is 0.478 e. The first-order valence-electron chi connectivity index (χ1n) is 6.15. The van der Waals surface area contributed by atoms with Gasteiger partial charge in [0, 0.05) is 15.1 Å². The van der Waals surface area contributed by atoms with Crippen LogP contribution >= 0.6 is 22.6 Å². The predicted octanol–water partition coefficient (Wildman–Crippen LogP) is 3.93. The number of aromatic carboxylic acids is 1. The van der Waals surface area contributed by atoms with Crippen LogP contribution < -0.4 is 0 Å². The van der Waals surface area contributed by atoms with Crippen molar-refractivity contribution >= 4 is 28.6 Å². The van der Waals surface area contributed by atoms with Crippen molar-refractivity contribution < 1.29 is 9.90 Å². The molecular weight excluding hydrogens is 353 g/mol. The van der Waals surface area contributed by atoms with Crippen molar-refractivity contribution in [3.63, 3.8) is 0 Å². The van der Waals surface area contributed by atoms with Crippen LogP contribution in [0.3, 0.4) is 0 Å². The van der Waals surface area contributed by atoms with E-state index in [0.29, 0.717) is 11.5 Å². The summed E-state index contributed by atoms with van der Waals surface area (Å²) in [6.45, 7) is 0. The minimum absolute atomic E-state index is 0.329. The molecule has 1 N–H and O–H groups in total. The maximum Gasteiger partial charge on any atom is 0.337 e. The van der Waals surface area contributed by atoms with Crippen LogP contribution in [0.15, 0.2) is 36.4 Å². The van der Waals surface area contributed by atoms with Crippen LogP contribution in [0, 0.1) is 3.57 Å². The number of pyridine rings is 1. The van der Waals surface area contributed by atoms with Crippen molar-refractivity contribution in [2.24, 2.45) is 0 Å². The van der Waals surface area contributed by atoms with Crippen LogP contribution in [0.25, 0.3) is 11.3 Å². The third-order valence-electron chi connectivity index (χ3n) is 3.26. The highest BCUT2D eigenvalue weighted by molar-refractivity contribution is 14.1. The Bertz CT molecular complexity index is 633. The predicted molar refractivity (Wildman–Crippen MR) is 81.3 cm³/mol. The molecule has 19 heavy (non-hydrogen) atoms. The Morgan fingerprint density at radius 3 is 2.42 bits per heavy atom. The van der Waals surface area contributed by atoms with Crippen LogP contribution in [0.2, 0.25) is 0 Å². The molecule has 1 aliphatic carbocycles. The normalized spacial score (nSPS) is 14.4. The van der Waals surface area contributed by atoms with Gasteiger partial charge in [0.15, 0.2) is 0 Å². The maximum absolute atomic E-state index is 11.2. The van der Waals surface area contributed by atoms with E-state index < -0.39 is 5.97 Å². The highest BCUT2D eigenvalue weighted by atomic mass is 127. The Hall–Kier alpha value is -1.43. The second kappa shape index (κ2) is 4.92. The van der Waals surface area contributed by atoms with Gasteiger partial charge in [-0.3, -0.25) is 4.98 Å². The summed E-state index contributed by atoms with van der Waals surface area (Å²) in [4.78, 5) is 15.8. The maximum atomic E-state index is 11.2. The molecule has 1 aromatic heterocycles. The molecule has 1 heterocycles. The lowest BCUT2D eigenvalue weighted by molar-refractivity contribution is 0.0695. The smallest absolute Gasteiger partial charge is 0.337 e. The molecule has 0 bridgehead atoms. The number of carbonyl (C=O) groups is 1. The van der Waals surface area contributed by atoms with E-state index in [1.54, 1.807) is 12.1 Å². The fraction of sp³-hybridized carbons (Fsp3) is 0.200. The third-order valence-corrected chi connectivity index (χ3v) is 3.98. The minimum atomic E-state index is -0.886. The van der Waals surface area contributed by atoms with Crippen molar-refractivity contribution in [3.05, 3.63) is 51.2 Å². The fourth-order valence-corrected chi connectivity index (χ4v) is 2.46. The van der Waals surface area contributed by atoms with E-state index in [1.165, 1.54) is 3.57 Å². The van der Waals surface area contributed by atoms with Gasteiger partial charge < -0.3 is 5.11 Å². The lowest BCUT2D eigenvalue weighted by Gasteiger charge is -2.07. The standard InChI is InChI=1S/C15H12INO2/c16-11-5-3-9(4-6-11)13-8-7-12(15(18)19)14(17-13)10-1-2-10/h3-8,10H,1-2H2,(H,18,19). The van der Waals surface area contributed by atoms with Crippen LogP contribution in [0.5, 0.6) is 0 Å². The molecular formula is C15H12INO2. The van der Waals surface area contributed by atoms with E-state index in [2.05, 4.69) is 27.6 Å². The Morgan fingerprint density at radius 2 is 1.84 bits per heavy atom. The molecule has 2 aromatic rings. The van der Waals surface area contributed by atoms with Crippen LogP contribution in [0.1, 0.15) is 34.8 Å². The summed E-state index contributed by atoms with van der Waals surface area (Å²) in [5, 5.41) is 9.20. The van der Waals surface area contributed by atoms with Crippen LogP contribution in [-0.4, -0.2) is 16.1 Å². The number of carboxylic acids is 1. The molecule has 0 aliphatic heterocycles. The molecule has 0 amide bonds. The molecule has 0 atom stereocenters. The van der Waals surface area contributed by atoms with Gasteiger partial charge >= 0.3 is 5.97 Å². The zero-order valence-corrected chi connectivity index (χ0v) is 12.3. The first-order valence-corrected chi connectivity index (χ1v) is 7.23. The molecule has 3 nitrogen and oxygen atoms in total. The zero-order valence-electron chi connectivity index (χ0n) is 10.1. The molecule has 3 rings (SSSR count). The Balaban J connectivity index is 2.05. The summed E-state index contributed by atoms with van der Waals surface area (Å²) in [5.41, 5.74) is 2.96. The molecule has 0 radical (unpaired) electrons. The van der Waals surface area contributed by atoms with E-state index in [9.17, 15) is 9.90 Å². The summed E-state index contributed by atoms with van der Waals surface area (Å²) in [6, 6.07) is 11.6. The Labute approximate surface area is 124 Å². The second-order valence-corrected chi connectivity index (χ2v) is 5.96. The van der Waals surface area contributed by atoms with E-state index in [4.69, 9.17) is 0 Å². The molecule has 1 aromatic carbocycles. The number of hydrogen-bond acceptors (Lipinski definition) is 2.